The van der Waals surface area contributed by atoms with Gasteiger partial charge in [0.1, 0.15) is 5.75 Å². The number of aromatic carboxylic acids is 1. The van der Waals surface area contributed by atoms with Gasteiger partial charge >= 0.3 is 6.36 Å². The summed E-state index contributed by atoms with van der Waals surface area (Å²) < 4.78 is 40.6. The number of carbonyl (C=O) groups excluding carboxylic acids is 2. The van der Waals surface area contributed by atoms with E-state index in [4.69, 9.17) is 11.5 Å². The highest BCUT2D eigenvalue weighted by Gasteiger charge is 2.32. The van der Waals surface area contributed by atoms with Crippen molar-refractivity contribution in [1.82, 2.24) is 0 Å². The first-order valence-electron chi connectivity index (χ1n) is 9.35. The number of Topliss-reactive ketones (excluding diaryl/α,β-unsaturated/α-hetero) is 1. The highest BCUT2D eigenvalue weighted by molar-refractivity contribution is 5.98. The molecule has 2 aromatic rings. The van der Waals surface area contributed by atoms with Crippen LogP contribution in [0.3, 0.4) is 0 Å². The molecule has 0 heterocycles. The quantitative estimate of drug-likeness (QED) is 0.565. The molecule has 0 bridgehead atoms. The van der Waals surface area contributed by atoms with Gasteiger partial charge in [-0.1, -0.05) is 0 Å². The van der Waals surface area contributed by atoms with Crippen LogP contribution in [0.25, 0.3) is 0 Å². The number of nitrogen functional groups attached to an aromatic ring is 2. The Morgan fingerprint density at radius 2 is 1.60 bits per heavy atom. The average molecular weight is 421 g/mol. The summed E-state index contributed by atoms with van der Waals surface area (Å²) in [5.41, 5.74) is 12.9. The molecule has 0 radical (unpaired) electrons. The standard InChI is InChI=1S/C21H21F3N2O4/c22-21(23,24)30-15-7-5-13(6-8-15)19(27)12-3-1-11(2-4-12)18-16(20(28)29)9-14(25)10-17(18)26/h5-12H,1-4,25-26H2,(H,28,29)/p-1. The molecule has 1 aliphatic carbocycles. The second-order valence-corrected chi connectivity index (χ2v) is 7.34. The Hall–Kier alpha value is -3.23. The Kier molecular flexibility index (Phi) is 5.91. The predicted molar refractivity (Wildman–Crippen MR) is 102 cm³/mol. The highest BCUT2D eigenvalue weighted by Crippen LogP contribution is 2.41. The predicted octanol–water partition coefficient (Wildman–Crippen LogP) is 3.27. The van der Waals surface area contributed by atoms with Crippen LogP contribution in [0.1, 0.15) is 57.9 Å². The van der Waals surface area contributed by atoms with Crippen LogP contribution in [0.5, 0.6) is 5.75 Å². The van der Waals surface area contributed by atoms with E-state index in [-0.39, 0.29) is 34.6 Å². The number of alkyl halides is 3. The third-order valence-electron chi connectivity index (χ3n) is 5.33. The fraction of sp³-hybridized carbons (Fsp3) is 0.333. The molecule has 0 saturated heterocycles. The molecule has 0 aliphatic heterocycles. The molecule has 0 unspecified atom stereocenters. The molecule has 1 saturated carbocycles. The zero-order chi connectivity index (χ0) is 22.1. The second-order valence-electron chi connectivity index (χ2n) is 7.34. The average Bonchev–Trinajstić information content (AvgIpc) is 2.66. The number of carbonyl (C=O) groups is 2. The number of halogens is 3. The van der Waals surface area contributed by atoms with E-state index >= 15 is 0 Å². The lowest BCUT2D eigenvalue weighted by atomic mass is 9.74. The molecule has 0 amide bonds. The van der Waals surface area contributed by atoms with Gasteiger partial charge < -0.3 is 26.1 Å². The fourth-order valence-electron chi connectivity index (χ4n) is 4.02. The van der Waals surface area contributed by atoms with Crippen molar-refractivity contribution in [2.45, 2.75) is 38.0 Å². The molecule has 0 aromatic heterocycles. The van der Waals surface area contributed by atoms with Gasteiger partial charge in [-0.05, 0) is 73.6 Å². The number of nitrogens with two attached hydrogens (primary N) is 2. The molecule has 30 heavy (non-hydrogen) atoms. The zero-order valence-electron chi connectivity index (χ0n) is 15.9. The van der Waals surface area contributed by atoms with Crippen molar-refractivity contribution in [3.05, 3.63) is 53.1 Å². The number of carboxylic acid groups (broad SMARTS) is 1. The Balaban J connectivity index is 1.69. The summed E-state index contributed by atoms with van der Waals surface area (Å²) in [6.07, 6.45) is -2.71. The van der Waals surface area contributed by atoms with Crippen molar-refractivity contribution in [3.63, 3.8) is 0 Å². The lowest BCUT2D eigenvalue weighted by Crippen LogP contribution is -2.27. The molecule has 6 nitrogen and oxygen atoms in total. The van der Waals surface area contributed by atoms with E-state index in [0.29, 0.717) is 36.8 Å². The maximum absolute atomic E-state index is 12.7. The van der Waals surface area contributed by atoms with Crippen molar-refractivity contribution in [3.8, 4) is 5.75 Å². The van der Waals surface area contributed by atoms with Gasteiger partial charge in [0.05, 0.1) is 5.97 Å². The molecule has 0 spiro atoms. The van der Waals surface area contributed by atoms with Crippen molar-refractivity contribution < 1.29 is 32.6 Å². The van der Waals surface area contributed by atoms with Gasteiger partial charge in [-0.15, -0.1) is 13.2 Å². The van der Waals surface area contributed by atoms with E-state index in [9.17, 15) is 27.9 Å². The summed E-state index contributed by atoms with van der Waals surface area (Å²) in [5, 5.41) is 11.5. The summed E-state index contributed by atoms with van der Waals surface area (Å²) in [6, 6.07) is 7.65. The van der Waals surface area contributed by atoms with E-state index in [1.165, 1.54) is 24.3 Å². The van der Waals surface area contributed by atoms with E-state index in [1.807, 2.05) is 0 Å². The van der Waals surface area contributed by atoms with Crippen LogP contribution in [0.15, 0.2) is 36.4 Å². The number of rotatable bonds is 5. The highest BCUT2D eigenvalue weighted by atomic mass is 19.4. The molecule has 4 N–H and O–H groups in total. The van der Waals surface area contributed by atoms with Crippen molar-refractivity contribution in [2.75, 3.05) is 11.5 Å². The number of ether oxygens (including phenoxy) is 1. The van der Waals surface area contributed by atoms with E-state index in [0.717, 1.165) is 12.1 Å². The first-order chi connectivity index (χ1) is 14.0. The molecule has 3 rings (SSSR count). The van der Waals surface area contributed by atoms with Crippen LogP contribution in [0.4, 0.5) is 24.5 Å². The van der Waals surface area contributed by atoms with Gasteiger partial charge in [0.15, 0.2) is 5.78 Å². The van der Waals surface area contributed by atoms with Crippen LogP contribution >= 0.6 is 0 Å². The maximum atomic E-state index is 12.7. The summed E-state index contributed by atoms with van der Waals surface area (Å²) in [7, 11) is 0. The monoisotopic (exact) mass is 421 g/mol. The van der Waals surface area contributed by atoms with Crippen LogP contribution in [-0.4, -0.2) is 18.1 Å². The Morgan fingerprint density at radius 1 is 1.00 bits per heavy atom. The minimum absolute atomic E-state index is 0.0393. The molecule has 1 fully saturated rings. The van der Waals surface area contributed by atoms with Gasteiger partial charge in [-0.25, -0.2) is 0 Å². The first-order valence-corrected chi connectivity index (χ1v) is 9.35. The van der Waals surface area contributed by atoms with E-state index in [1.54, 1.807) is 0 Å². The van der Waals surface area contributed by atoms with Crippen molar-refractivity contribution in [1.29, 1.82) is 0 Å². The third kappa shape index (κ3) is 4.84. The Labute approximate surface area is 170 Å². The number of benzene rings is 2. The normalized spacial score (nSPS) is 19.3. The van der Waals surface area contributed by atoms with Crippen LogP contribution < -0.4 is 21.3 Å². The summed E-state index contributed by atoms with van der Waals surface area (Å²) in [5.74, 6) is -2.38. The fourth-order valence-corrected chi connectivity index (χ4v) is 4.02. The number of hydrogen-bond donors (Lipinski definition) is 2. The number of hydrogen-bond acceptors (Lipinski definition) is 6. The maximum Gasteiger partial charge on any atom is 0.573 e. The summed E-state index contributed by atoms with van der Waals surface area (Å²) >= 11 is 0. The van der Waals surface area contributed by atoms with Gasteiger partial charge in [-0.2, -0.15) is 0 Å². The van der Waals surface area contributed by atoms with Gasteiger partial charge in [0.2, 0.25) is 0 Å². The Morgan fingerprint density at radius 3 is 2.13 bits per heavy atom. The largest absolute Gasteiger partial charge is 0.573 e. The summed E-state index contributed by atoms with van der Waals surface area (Å²) in [4.78, 5) is 24.2. The Bertz CT molecular complexity index is 950. The lowest BCUT2D eigenvalue weighted by molar-refractivity contribution is -0.274. The van der Waals surface area contributed by atoms with Gasteiger partial charge in [0, 0.05) is 28.4 Å². The molecule has 1 aliphatic rings. The zero-order valence-corrected chi connectivity index (χ0v) is 15.9. The number of carboxylic acids is 1. The van der Waals surface area contributed by atoms with E-state index in [2.05, 4.69) is 4.74 Å². The lowest BCUT2D eigenvalue weighted by Gasteiger charge is -2.30. The van der Waals surface area contributed by atoms with Gasteiger partial charge in [-0.3, -0.25) is 4.79 Å². The molecule has 9 heteroatoms. The first kappa shape index (κ1) is 21.5. The van der Waals surface area contributed by atoms with Crippen LogP contribution in [-0.2, 0) is 0 Å². The van der Waals surface area contributed by atoms with Crippen LogP contribution in [0, 0.1) is 5.92 Å². The topological polar surface area (TPSA) is 118 Å². The molecule has 2 aromatic carbocycles. The smallest absolute Gasteiger partial charge is 0.545 e. The van der Waals surface area contributed by atoms with Crippen molar-refractivity contribution >= 4 is 23.1 Å². The minimum atomic E-state index is -4.79. The SMILES string of the molecule is Nc1cc(N)c(C2CCC(C(=O)c3ccc(OC(F)(F)F)cc3)CC2)c(C(=O)[O-])c1. The number of anilines is 2. The third-order valence-corrected chi connectivity index (χ3v) is 5.33. The second kappa shape index (κ2) is 8.25. The van der Waals surface area contributed by atoms with Crippen LogP contribution in [0.2, 0.25) is 0 Å². The van der Waals surface area contributed by atoms with E-state index < -0.39 is 18.1 Å². The molecular formula is C21H20F3N2O4-. The van der Waals surface area contributed by atoms with Crippen molar-refractivity contribution in [2.24, 2.45) is 5.92 Å². The minimum Gasteiger partial charge on any atom is -0.545 e. The summed E-state index contributed by atoms with van der Waals surface area (Å²) in [6.45, 7) is 0. The number of ketones is 1. The molecular weight excluding hydrogens is 401 g/mol. The molecule has 0 atom stereocenters. The van der Waals surface area contributed by atoms with Gasteiger partial charge in [0.25, 0.3) is 0 Å². The molecule has 160 valence electrons.